The van der Waals surface area contributed by atoms with Crippen LogP contribution in [-0.2, 0) is 4.79 Å². The van der Waals surface area contributed by atoms with E-state index < -0.39 is 0 Å². The van der Waals surface area contributed by atoms with Crippen LogP contribution in [0.5, 0.6) is 0 Å². The number of hydrogen-bond donors (Lipinski definition) is 1. The van der Waals surface area contributed by atoms with Crippen LogP contribution < -0.4 is 5.32 Å². The fraction of sp³-hybridized carbons (Fsp3) is 0.533. The Bertz CT molecular complexity index is 379. The third-order valence-electron chi connectivity index (χ3n) is 2.74. The summed E-state index contributed by atoms with van der Waals surface area (Å²) in [7, 11) is 4.03. The summed E-state index contributed by atoms with van der Waals surface area (Å²) in [5.41, 5.74) is 0.781. The van der Waals surface area contributed by atoms with E-state index in [0.717, 1.165) is 12.1 Å². The lowest BCUT2D eigenvalue weighted by Gasteiger charge is -2.26. The van der Waals surface area contributed by atoms with Gasteiger partial charge < -0.3 is 10.2 Å². The van der Waals surface area contributed by atoms with E-state index in [2.05, 4.69) is 22.3 Å². The quantitative estimate of drug-likeness (QED) is 0.887. The number of carbonyl (C=O) groups excluding carboxylic acids is 1. The molecule has 18 heavy (non-hydrogen) atoms. The number of benzene rings is 1. The van der Waals surface area contributed by atoms with Gasteiger partial charge in [0.05, 0.1) is 6.04 Å². The van der Waals surface area contributed by atoms with E-state index in [4.69, 9.17) is 0 Å². The highest BCUT2D eigenvalue weighted by Gasteiger charge is 2.24. The first kappa shape index (κ1) is 14.7. The fourth-order valence-corrected chi connectivity index (χ4v) is 1.66. The molecule has 0 saturated carbocycles. The number of hydrogen-bond acceptors (Lipinski definition) is 2. The van der Waals surface area contributed by atoms with Gasteiger partial charge in [0.25, 0.3) is 0 Å². The third kappa shape index (κ3) is 4.49. The van der Waals surface area contributed by atoms with Gasteiger partial charge in [-0.05, 0) is 19.7 Å². The molecular formula is C15H24N2O. The Hall–Kier alpha value is -1.35. The van der Waals surface area contributed by atoms with E-state index in [9.17, 15) is 4.79 Å². The van der Waals surface area contributed by atoms with Gasteiger partial charge in [0.15, 0.2) is 0 Å². The topological polar surface area (TPSA) is 32.3 Å². The summed E-state index contributed by atoms with van der Waals surface area (Å²) in [5, 5.41) is 3.12. The Morgan fingerprint density at radius 1 is 1.22 bits per heavy atom. The van der Waals surface area contributed by atoms with Crippen molar-refractivity contribution in [1.29, 1.82) is 0 Å². The van der Waals surface area contributed by atoms with Gasteiger partial charge in [0, 0.05) is 12.0 Å². The average Bonchev–Trinajstić information content (AvgIpc) is 2.27. The summed E-state index contributed by atoms with van der Waals surface area (Å²) in [6, 6.07) is 10.1. The molecule has 0 bridgehead atoms. The molecule has 3 heteroatoms. The van der Waals surface area contributed by atoms with Crippen molar-refractivity contribution in [3.8, 4) is 0 Å². The smallest absolute Gasteiger partial charge is 0.225 e. The maximum Gasteiger partial charge on any atom is 0.225 e. The molecule has 3 nitrogen and oxygen atoms in total. The van der Waals surface area contributed by atoms with Gasteiger partial charge in [-0.3, -0.25) is 4.79 Å². The molecule has 0 unspecified atom stereocenters. The predicted molar refractivity (Wildman–Crippen MR) is 75.3 cm³/mol. The minimum atomic E-state index is -0.362. The lowest BCUT2D eigenvalue weighted by Crippen LogP contribution is -2.41. The first-order valence-electron chi connectivity index (χ1n) is 6.31. The SMILES string of the molecule is CN(C)C[C@@H](NC(=O)C(C)(C)C)c1ccccc1. The van der Waals surface area contributed by atoms with Gasteiger partial charge >= 0.3 is 0 Å². The lowest BCUT2D eigenvalue weighted by atomic mass is 9.94. The third-order valence-corrected chi connectivity index (χ3v) is 2.74. The number of amides is 1. The van der Waals surface area contributed by atoms with Gasteiger partial charge in [-0.25, -0.2) is 0 Å². The maximum atomic E-state index is 12.1. The molecule has 0 saturated heterocycles. The van der Waals surface area contributed by atoms with Crippen LogP contribution in [0.1, 0.15) is 32.4 Å². The number of nitrogens with zero attached hydrogens (tertiary/aromatic N) is 1. The van der Waals surface area contributed by atoms with Gasteiger partial charge in [0.2, 0.25) is 5.91 Å². The average molecular weight is 248 g/mol. The minimum Gasteiger partial charge on any atom is -0.348 e. The highest BCUT2D eigenvalue weighted by molar-refractivity contribution is 5.81. The Morgan fingerprint density at radius 3 is 2.22 bits per heavy atom. The van der Waals surface area contributed by atoms with Crippen LogP contribution >= 0.6 is 0 Å². The van der Waals surface area contributed by atoms with Crippen molar-refractivity contribution in [1.82, 2.24) is 10.2 Å². The van der Waals surface area contributed by atoms with Gasteiger partial charge in [-0.1, -0.05) is 51.1 Å². The van der Waals surface area contributed by atoms with Gasteiger partial charge in [-0.2, -0.15) is 0 Å². The molecule has 0 fully saturated rings. The summed E-state index contributed by atoms with van der Waals surface area (Å²) in [5.74, 6) is 0.0817. The molecular weight excluding hydrogens is 224 g/mol. The maximum absolute atomic E-state index is 12.1. The number of nitrogens with one attached hydrogen (secondary N) is 1. The molecule has 1 amide bonds. The summed E-state index contributed by atoms with van der Waals surface area (Å²) < 4.78 is 0. The molecule has 0 spiro atoms. The molecule has 1 aromatic rings. The van der Waals surface area contributed by atoms with Crippen molar-refractivity contribution in [3.05, 3.63) is 35.9 Å². The number of likely N-dealkylation sites (N-methyl/N-ethyl adjacent to an activating group) is 1. The van der Waals surface area contributed by atoms with Crippen LogP contribution in [0.25, 0.3) is 0 Å². The molecule has 1 rings (SSSR count). The van der Waals surface area contributed by atoms with Crippen LogP contribution in [-0.4, -0.2) is 31.4 Å². The zero-order valence-corrected chi connectivity index (χ0v) is 12.0. The fourth-order valence-electron chi connectivity index (χ4n) is 1.66. The van der Waals surface area contributed by atoms with Crippen LogP contribution in [0.4, 0.5) is 0 Å². The zero-order chi connectivity index (χ0) is 13.8. The summed E-state index contributed by atoms with van der Waals surface area (Å²) >= 11 is 0. The largest absolute Gasteiger partial charge is 0.348 e. The molecule has 100 valence electrons. The van der Waals surface area contributed by atoms with Crippen LogP contribution in [0.2, 0.25) is 0 Å². The van der Waals surface area contributed by atoms with Crippen LogP contribution in [0.3, 0.4) is 0 Å². The van der Waals surface area contributed by atoms with E-state index in [1.807, 2.05) is 53.1 Å². The number of carbonyl (C=O) groups is 1. The van der Waals surface area contributed by atoms with E-state index >= 15 is 0 Å². The molecule has 0 aliphatic heterocycles. The molecule has 0 aliphatic carbocycles. The van der Waals surface area contributed by atoms with Crippen LogP contribution in [0, 0.1) is 5.41 Å². The second-order valence-corrected chi connectivity index (χ2v) is 5.95. The van der Waals surface area contributed by atoms with Crippen molar-refractivity contribution in [3.63, 3.8) is 0 Å². The van der Waals surface area contributed by atoms with Crippen molar-refractivity contribution in [2.45, 2.75) is 26.8 Å². The number of rotatable bonds is 4. The monoisotopic (exact) mass is 248 g/mol. The first-order valence-corrected chi connectivity index (χ1v) is 6.31. The van der Waals surface area contributed by atoms with Gasteiger partial charge in [0.1, 0.15) is 0 Å². The molecule has 1 N–H and O–H groups in total. The Morgan fingerprint density at radius 2 is 1.78 bits per heavy atom. The van der Waals surface area contributed by atoms with E-state index in [1.54, 1.807) is 0 Å². The van der Waals surface area contributed by atoms with Crippen molar-refractivity contribution in [2.75, 3.05) is 20.6 Å². The summed E-state index contributed by atoms with van der Waals surface area (Å²) in [6.07, 6.45) is 0. The first-order chi connectivity index (χ1) is 8.30. The molecule has 1 aromatic carbocycles. The van der Waals surface area contributed by atoms with Crippen LogP contribution in [0.15, 0.2) is 30.3 Å². The Kier molecular flexibility index (Phi) is 4.91. The standard InChI is InChI=1S/C15H24N2O/c1-15(2,3)14(18)16-13(11-17(4)5)12-9-7-6-8-10-12/h6-10,13H,11H2,1-5H3,(H,16,18)/t13-/m1/s1. The second-order valence-electron chi connectivity index (χ2n) is 5.95. The van der Waals surface area contributed by atoms with E-state index in [0.29, 0.717) is 0 Å². The molecule has 0 heterocycles. The van der Waals surface area contributed by atoms with E-state index in [1.165, 1.54) is 0 Å². The van der Waals surface area contributed by atoms with Crippen molar-refractivity contribution < 1.29 is 4.79 Å². The predicted octanol–water partition coefficient (Wildman–Crippen LogP) is 2.45. The highest BCUT2D eigenvalue weighted by Crippen LogP contribution is 2.18. The summed E-state index contributed by atoms with van der Waals surface area (Å²) in [4.78, 5) is 14.2. The summed E-state index contributed by atoms with van der Waals surface area (Å²) in [6.45, 7) is 6.59. The van der Waals surface area contributed by atoms with E-state index in [-0.39, 0.29) is 17.4 Å². The lowest BCUT2D eigenvalue weighted by molar-refractivity contribution is -0.129. The second kappa shape index (κ2) is 6.01. The molecule has 1 atom stereocenters. The molecule has 0 radical (unpaired) electrons. The Balaban J connectivity index is 2.84. The van der Waals surface area contributed by atoms with Gasteiger partial charge in [-0.15, -0.1) is 0 Å². The Labute approximate surface area is 110 Å². The van der Waals surface area contributed by atoms with Crippen molar-refractivity contribution in [2.24, 2.45) is 5.41 Å². The molecule has 0 aromatic heterocycles. The molecule has 0 aliphatic rings. The zero-order valence-electron chi connectivity index (χ0n) is 12.0. The minimum absolute atomic E-state index is 0.0351. The normalized spacial score (nSPS) is 13.4. The van der Waals surface area contributed by atoms with Crippen molar-refractivity contribution >= 4 is 5.91 Å². The highest BCUT2D eigenvalue weighted by atomic mass is 16.2.